The van der Waals surface area contributed by atoms with Crippen molar-refractivity contribution in [1.29, 1.82) is 0 Å². The van der Waals surface area contributed by atoms with Crippen molar-refractivity contribution < 1.29 is 14.2 Å². The molecular weight excluding hydrogens is 397 g/mol. The van der Waals surface area contributed by atoms with Crippen LogP contribution in [0.5, 0.6) is 11.5 Å². The lowest BCUT2D eigenvalue weighted by Gasteiger charge is -2.25. The minimum atomic E-state index is -0.308. The highest BCUT2D eigenvalue weighted by molar-refractivity contribution is 5.98. The van der Waals surface area contributed by atoms with E-state index < -0.39 is 0 Å². The van der Waals surface area contributed by atoms with E-state index in [-0.39, 0.29) is 18.0 Å². The maximum Gasteiger partial charge on any atom is 0.164 e. The molecule has 0 unspecified atom stereocenters. The highest BCUT2D eigenvalue weighted by Gasteiger charge is 2.26. The summed E-state index contributed by atoms with van der Waals surface area (Å²) < 4.78 is 20.8. The van der Waals surface area contributed by atoms with E-state index in [9.17, 15) is 9.50 Å². The molecule has 1 saturated carbocycles. The number of nitrogen functional groups attached to an aromatic ring is 1. The van der Waals surface area contributed by atoms with Crippen LogP contribution >= 0.6 is 0 Å². The number of halogens is 1. The molecule has 0 radical (unpaired) electrons. The third-order valence-electron chi connectivity index (χ3n) is 5.71. The number of hydrogen-bond acceptors (Lipinski definition) is 6. The molecular formula is C23H22FN5O2. The normalized spacial score (nSPS) is 18.9. The Labute approximate surface area is 178 Å². The molecule has 158 valence electrons. The monoisotopic (exact) mass is 419 g/mol. The second-order valence-electron chi connectivity index (χ2n) is 7.79. The van der Waals surface area contributed by atoms with Crippen LogP contribution in [0.2, 0.25) is 0 Å². The summed E-state index contributed by atoms with van der Waals surface area (Å²) in [4.78, 5) is 8.62. The number of nitrogens with zero attached hydrogens (tertiary/aromatic N) is 4. The average Bonchev–Trinajstić information content (AvgIpc) is 3.17. The van der Waals surface area contributed by atoms with Gasteiger partial charge in [-0.2, -0.15) is 5.10 Å². The van der Waals surface area contributed by atoms with Gasteiger partial charge >= 0.3 is 0 Å². The van der Waals surface area contributed by atoms with E-state index in [4.69, 9.17) is 15.6 Å². The van der Waals surface area contributed by atoms with Crippen molar-refractivity contribution >= 4 is 16.9 Å². The summed E-state index contributed by atoms with van der Waals surface area (Å²) >= 11 is 0. The standard InChI is InChI=1S/C23H22FN5O2/c24-15-3-11-19(12-4-15)31-18-9-1-14(2-10-18)21-20-22(25)26-13-27-23(20)29(28-21)16-5-7-17(30)8-6-16/h1-4,9-13,16-17,30H,5-8H2,(H2,25,26,27)/t16-,17+. The van der Waals surface area contributed by atoms with Crippen LogP contribution in [-0.4, -0.2) is 31.0 Å². The van der Waals surface area contributed by atoms with Crippen molar-refractivity contribution in [2.24, 2.45) is 0 Å². The number of aromatic nitrogens is 4. The highest BCUT2D eigenvalue weighted by atomic mass is 19.1. The molecule has 0 aliphatic heterocycles. The first kappa shape index (κ1) is 19.4. The fourth-order valence-corrected chi connectivity index (χ4v) is 4.07. The summed E-state index contributed by atoms with van der Waals surface area (Å²) in [5.41, 5.74) is 8.49. The zero-order valence-electron chi connectivity index (χ0n) is 16.8. The van der Waals surface area contributed by atoms with Gasteiger partial charge in [-0.05, 0) is 74.2 Å². The zero-order valence-corrected chi connectivity index (χ0v) is 16.8. The van der Waals surface area contributed by atoms with Gasteiger partial charge in [0.2, 0.25) is 0 Å². The number of rotatable bonds is 4. The van der Waals surface area contributed by atoms with E-state index in [1.165, 1.54) is 18.5 Å². The Balaban J connectivity index is 1.49. The van der Waals surface area contributed by atoms with Crippen molar-refractivity contribution in [2.75, 3.05) is 5.73 Å². The molecule has 8 heteroatoms. The molecule has 0 spiro atoms. The average molecular weight is 419 g/mol. The Bertz CT molecular complexity index is 1200. The minimum absolute atomic E-state index is 0.162. The van der Waals surface area contributed by atoms with Gasteiger partial charge < -0.3 is 15.6 Å². The lowest BCUT2D eigenvalue weighted by Crippen LogP contribution is -2.22. The third-order valence-corrected chi connectivity index (χ3v) is 5.71. The molecule has 1 aliphatic rings. The van der Waals surface area contributed by atoms with E-state index in [1.807, 2.05) is 28.9 Å². The van der Waals surface area contributed by atoms with Gasteiger partial charge in [0.15, 0.2) is 5.65 Å². The molecule has 1 aliphatic carbocycles. The van der Waals surface area contributed by atoms with Crippen LogP contribution in [-0.2, 0) is 0 Å². The molecule has 0 bridgehead atoms. The SMILES string of the molecule is Nc1ncnc2c1c(-c1ccc(Oc3ccc(F)cc3)cc1)nn2[C@H]1CC[C@@H](O)CC1. The molecule has 2 aromatic heterocycles. The van der Waals surface area contributed by atoms with Gasteiger partial charge in [0, 0.05) is 5.56 Å². The molecule has 1 fully saturated rings. The number of hydrogen-bond donors (Lipinski definition) is 2. The predicted molar refractivity (Wildman–Crippen MR) is 115 cm³/mol. The molecule has 4 aromatic rings. The lowest BCUT2D eigenvalue weighted by molar-refractivity contribution is 0.109. The Kier molecular flexibility index (Phi) is 4.99. The number of anilines is 1. The first-order valence-corrected chi connectivity index (χ1v) is 10.3. The number of nitrogens with two attached hydrogens (primary N) is 1. The highest BCUT2D eigenvalue weighted by Crippen LogP contribution is 2.36. The van der Waals surface area contributed by atoms with Gasteiger partial charge in [-0.25, -0.2) is 19.0 Å². The largest absolute Gasteiger partial charge is 0.457 e. The molecule has 2 aromatic carbocycles. The van der Waals surface area contributed by atoms with E-state index in [2.05, 4.69) is 9.97 Å². The first-order valence-electron chi connectivity index (χ1n) is 10.3. The molecule has 2 heterocycles. The zero-order chi connectivity index (χ0) is 21.4. The fraction of sp³-hybridized carbons (Fsp3) is 0.261. The topological polar surface area (TPSA) is 99.1 Å². The van der Waals surface area contributed by atoms with Gasteiger partial charge in [-0.3, -0.25) is 0 Å². The molecule has 0 amide bonds. The summed E-state index contributed by atoms with van der Waals surface area (Å²) in [6.07, 6.45) is 4.38. The summed E-state index contributed by atoms with van der Waals surface area (Å²) in [5.74, 6) is 1.26. The molecule has 3 N–H and O–H groups in total. The van der Waals surface area contributed by atoms with Crippen molar-refractivity contribution in [3.63, 3.8) is 0 Å². The maximum atomic E-state index is 13.1. The van der Waals surface area contributed by atoms with Gasteiger partial charge in [0.25, 0.3) is 0 Å². The van der Waals surface area contributed by atoms with Crippen LogP contribution in [0.3, 0.4) is 0 Å². The van der Waals surface area contributed by atoms with Crippen molar-refractivity contribution in [3.05, 3.63) is 60.7 Å². The summed E-state index contributed by atoms with van der Waals surface area (Å²) in [5, 5.41) is 15.4. The maximum absolute atomic E-state index is 13.1. The Morgan fingerprint density at radius 1 is 0.935 bits per heavy atom. The molecule has 31 heavy (non-hydrogen) atoms. The predicted octanol–water partition coefficient (Wildman–Crippen LogP) is 4.48. The van der Waals surface area contributed by atoms with E-state index >= 15 is 0 Å². The van der Waals surface area contributed by atoms with Crippen LogP contribution in [0.15, 0.2) is 54.9 Å². The molecule has 5 rings (SSSR count). The van der Waals surface area contributed by atoms with Crippen LogP contribution < -0.4 is 10.5 Å². The third kappa shape index (κ3) is 3.82. The second kappa shape index (κ2) is 7.96. The Morgan fingerprint density at radius 3 is 2.26 bits per heavy atom. The summed E-state index contributed by atoms with van der Waals surface area (Å²) in [6, 6.07) is 13.5. The number of aliphatic hydroxyl groups is 1. The fourth-order valence-electron chi connectivity index (χ4n) is 4.07. The molecule has 0 atom stereocenters. The van der Waals surface area contributed by atoms with Gasteiger partial charge in [-0.1, -0.05) is 0 Å². The van der Waals surface area contributed by atoms with Crippen LogP contribution in [0.4, 0.5) is 10.2 Å². The van der Waals surface area contributed by atoms with E-state index in [1.54, 1.807) is 12.1 Å². The number of ether oxygens (including phenoxy) is 1. The first-order chi connectivity index (χ1) is 15.1. The lowest BCUT2D eigenvalue weighted by atomic mass is 9.93. The quantitative estimate of drug-likeness (QED) is 0.506. The number of aliphatic hydroxyl groups excluding tert-OH is 1. The van der Waals surface area contributed by atoms with Crippen LogP contribution in [0.25, 0.3) is 22.3 Å². The van der Waals surface area contributed by atoms with Crippen LogP contribution in [0.1, 0.15) is 31.7 Å². The van der Waals surface area contributed by atoms with Crippen molar-refractivity contribution in [2.45, 2.75) is 37.8 Å². The number of fused-ring (bicyclic) bond motifs is 1. The minimum Gasteiger partial charge on any atom is -0.457 e. The smallest absolute Gasteiger partial charge is 0.164 e. The van der Waals surface area contributed by atoms with Crippen LogP contribution in [0, 0.1) is 5.82 Å². The summed E-state index contributed by atoms with van der Waals surface area (Å²) in [6.45, 7) is 0. The van der Waals surface area contributed by atoms with E-state index in [0.717, 1.165) is 36.6 Å². The second-order valence-corrected chi connectivity index (χ2v) is 7.79. The number of benzene rings is 2. The molecule has 0 saturated heterocycles. The van der Waals surface area contributed by atoms with Crippen molar-refractivity contribution in [3.8, 4) is 22.8 Å². The molecule has 7 nitrogen and oxygen atoms in total. The Hall–Kier alpha value is -3.52. The van der Waals surface area contributed by atoms with Crippen molar-refractivity contribution in [1.82, 2.24) is 19.7 Å². The Morgan fingerprint density at radius 2 is 1.58 bits per heavy atom. The van der Waals surface area contributed by atoms with Gasteiger partial charge in [0.05, 0.1) is 17.5 Å². The van der Waals surface area contributed by atoms with Gasteiger partial charge in [0.1, 0.15) is 35.2 Å². The summed E-state index contributed by atoms with van der Waals surface area (Å²) in [7, 11) is 0. The van der Waals surface area contributed by atoms with E-state index in [0.29, 0.717) is 28.7 Å². The van der Waals surface area contributed by atoms with Gasteiger partial charge in [-0.15, -0.1) is 0 Å².